The van der Waals surface area contributed by atoms with E-state index in [-0.39, 0.29) is 25.7 Å². The van der Waals surface area contributed by atoms with Gasteiger partial charge in [0.1, 0.15) is 5.75 Å². The molecule has 8 heteroatoms. The molecule has 0 bridgehead atoms. The molecule has 132 valence electrons. The minimum atomic E-state index is -4.40. The van der Waals surface area contributed by atoms with Gasteiger partial charge in [-0.1, -0.05) is 6.07 Å². The first-order chi connectivity index (χ1) is 11.9. The van der Waals surface area contributed by atoms with Crippen molar-refractivity contribution in [2.24, 2.45) is 0 Å². The molecule has 0 spiro atoms. The quantitative estimate of drug-likeness (QED) is 0.897. The third-order valence-corrected chi connectivity index (χ3v) is 3.48. The van der Waals surface area contributed by atoms with Crippen LogP contribution in [0.25, 0.3) is 0 Å². The third-order valence-electron chi connectivity index (χ3n) is 3.48. The number of halogens is 3. The van der Waals surface area contributed by atoms with Crippen LogP contribution in [0, 0.1) is 0 Å². The summed E-state index contributed by atoms with van der Waals surface area (Å²) in [6, 6.07) is 9.47. The molecule has 2 aromatic rings. The predicted octanol–water partition coefficient (Wildman–Crippen LogP) is 3.13. The average Bonchev–Trinajstić information content (AvgIpc) is 3.05. The Morgan fingerprint density at radius 1 is 1.08 bits per heavy atom. The fourth-order valence-electron chi connectivity index (χ4n) is 2.19. The number of fused-ring (bicyclic) bond motifs is 1. The first kappa shape index (κ1) is 16.9. The van der Waals surface area contributed by atoms with Crippen molar-refractivity contribution < 1.29 is 32.2 Å². The van der Waals surface area contributed by atoms with Crippen molar-refractivity contribution in [3.05, 3.63) is 53.6 Å². The third kappa shape index (κ3) is 4.34. The van der Waals surface area contributed by atoms with E-state index in [2.05, 4.69) is 5.32 Å². The van der Waals surface area contributed by atoms with E-state index >= 15 is 0 Å². The number of benzene rings is 2. The van der Waals surface area contributed by atoms with E-state index in [0.29, 0.717) is 11.5 Å². The summed E-state index contributed by atoms with van der Waals surface area (Å²) in [5.74, 6) is 1.07. The number of carbonyl (C=O) groups is 1. The minimum absolute atomic E-state index is 0.173. The number of ether oxygens (including phenoxy) is 3. The summed E-state index contributed by atoms with van der Waals surface area (Å²) in [5, 5.41) is 2.66. The van der Waals surface area contributed by atoms with Crippen LogP contribution < -0.4 is 19.5 Å². The van der Waals surface area contributed by atoms with Crippen LogP contribution in [0.2, 0.25) is 0 Å². The number of amides is 1. The Morgan fingerprint density at radius 3 is 2.52 bits per heavy atom. The molecule has 0 aromatic heterocycles. The molecule has 0 saturated carbocycles. The van der Waals surface area contributed by atoms with E-state index in [4.69, 9.17) is 14.2 Å². The van der Waals surface area contributed by atoms with Crippen LogP contribution in [0.5, 0.6) is 17.2 Å². The van der Waals surface area contributed by atoms with Crippen LogP contribution in [0.15, 0.2) is 42.5 Å². The Kier molecular flexibility index (Phi) is 4.69. The van der Waals surface area contributed by atoms with Gasteiger partial charge < -0.3 is 19.5 Å². The van der Waals surface area contributed by atoms with E-state index in [9.17, 15) is 18.0 Å². The van der Waals surface area contributed by atoms with Crippen molar-refractivity contribution in [2.75, 3.05) is 13.4 Å². The average molecular weight is 353 g/mol. The Balaban J connectivity index is 1.46. The lowest BCUT2D eigenvalue weighted by atomic mass is 10.2. The summed E-state index contributed by atoms with van der Waals surface area (Å²) in [6.45, 7) is 0.147. The first-order valence-electron chi connectivity index (χ1n) is 7.37. The molecular weight excluding hydrogens is 339 g/mol. The molecule has 1 aliphatic rings. The van der Waals surface area contributed by atoms with Crippen molar-refractivity contribution in [2.45, 2.75) is 12.7 Å². The summed E-state index contributed by atoms with van der Waals surface area (Å²) in [7, 11) is 0. The Bertz CT molecular complexity index is 759. The molecule has 1 N–H and O–H groups in total. The summed E-state index contributed by atoms with van der Waals surface area (Å²) in [4.78, 5) is 11.8. The van der Waals surface area contributed by atoms with Gasteiger partial charge in [0, 0.05) is 6.54 Å². The van der Waals surface area contributed by atoms with Crippen LogP contribution in [0.3, 0.4) is 0 Å². The van der Waals surface area contributed by atoms with E-state index in [1.54, 1.807) is 18.2 Å². The van der Waals surface area contributed by atoms with Crippen LogP contribution in [0.4, 0.5) is 13.2 Å². The molecule has 1 heterocycles. The van der Waals surface area contributed by atoms with Crippen LogP contribution in [-0.4, -0.2) is 19.3 Å². The van der Waals surface area contributed by atoms with Gasteiger partial charge in [0.2, 0.25) is 6.79 Å². The summed E-state index contributed by atoms with van der Waals surface area (Å²) >= 11 is 0. The SMILES string of the molecule is O=C(COc1ccc(C(F)(F)F)cc1)NCc1ccc2c(c1)OCO2. The molecule has 1 aliphatic heterocycles. The zero-order chi connectivity index (χ0) is 17.9. The number of rotatable bonds is 5. The Morgan fingerprint density at radius 2 is 1.80 bits per heavy atom. The van der Waals surface area contributed by atoms with Gasteiger partial charge in [0.25, 0.3) is 5.91 Å². The van der Waals surface area contributed by atoms with Gasteiger partial charge in [0.05, 0.1) is 5.56 Å². The molecular formula is C17H14F3NO4. The van der Waals surface area contributed by atoms with Gasteiger partial charge in [0.15, 0.2) is 18.1 Å². The summed E-state index contributed by atoms with van der Waals surface area (Å²) < 4.78 is 53.0. The van der Waals surface area contributed by atoms with Crippen molar-refractivity contribution >= 4 is 5.91 Å². The molecule has 0 radical (unpaired) electrons. The number of carbonyl (C=O) groups excluding carboxylic acids is 1. The monoisotopic (exact) mass is 353 g/mol. The Hall–Kier alpha value is -2.90. The molecule has 1 amide bonds. The minimum Gasteiger partial charge on any atom is -0.484 e. The lowest BCUT2D eigenvalue weighted by Gasteiger charge is -2.10. The lowest BCUT2D eigenvalue weighted by molar-refractivity contribution is -0.137. The van der Waals surface area contributed by atoms with E-state index in [1.807, 2.05) is 0 Å². The Labute approximate surface area is 141 Å². The van der Waals surface area contributed by atoms with Crippen LogP contribution in [0.1, 0.15) is 11.1 Å². The van der Waals surface area contributed by atoms with E-state index in [0.717, 1.165) is 17.7 Å². The van der Waals surface area contributed by atoms with Gasteiger partial charge in [-0.3, -0.25) is 4.79 Å². The molecule has 0 unspecified atom stereocenters. The van der Waals surface area contributed by atoms with E-state index < -0.39 is 17.6 Å². The van der Waals surface area contributed by atoms with Crippen molar-refractivity contribution in [1.82, 2.24) is 5.32 Å². The summed E-state index contributed by atoms with van der Waals surface area (Å²) in [6.07, 6.45) is -4.40. The number of alkyl halides is 3. The molecule has 0 aliphatic carbocycles. The zero-order valence-electron chi connectivity index (χ0n) is 12.9. The zero-order valence-corrected chi connectivity index (χ0v) is 12.9. The molecule has 0 fully saturated rings. The molecule has 0 atom stereocenters. The molecule has 25 heavy (non-hydrogen) atoms. The number of nitrogens with one attached hydrogen (secondary N) is 1. The highest BCUT2D eigenvalue weighted by atomic mass is 19.4. The van der Waals surface area contributed by atoms with Gasteiger partial charge in [-0.25, -0.2) is 0 Å². The van der Waals surface area contributed by atoms with Crippen molar-refractivity contribution in [1.29, 1.82) is 0 Å². The highest BCUT2D eigenvalue weighted by Crippen LogP contribution is 2.32. The summed E-state index contributed by atoms with van der Waals surface area (Å²) in [5.41, 5.74) is 0.0549. The lowest BCUT2D eigenvalue weighted by Crippen LogP contribution is -2.28. The predicted molar refractivity (Wildman–Crippen MR) is 81.4 cm³/mol. The van der Waals surface area contributed by atoms with Gasteiger partial charge in [-0.15, -0.1) is 0 Å². The molecule has 3 rings (SSSR count). The fourth-order valence-corrected chi connectivity index (χ4v) is 2.19. The van der Waals surface area contributed by atoms with Crippen molar-refractivity contribution in [3.8, 4) is 17.2 Å². The van der Waals surface area contributed by atoms with Gasteiger partial charge in [-0.05, 0) is 42.0 Å². The van der Waals surface area contributed by atoms with E-state index in [1.165, 1.54) is 12.1 Å². The highest BCUT2D eigenvalue weighted by molar-refractivity contribution is 5.77. The smallest absolute Gasteiger partial charge is 0.416 e. The second-order valence-corrected chi connectivity index (χ2v) is 5.28. The van der Waals surface area contributed by atoms with Gasteiger partial charge >= 0.3 is 6.18 Å². The second-order valence-electron chi connectivity index (χ2n) is 5.28. The maximum atomic E-state index is 12.5. The maximum absolute atomic E-state index is 12.5. The fraction of sp³-hybridized carbons (Fsp3) is 0.235. The van der Waals surface area contributed by atoms with Crippen LogP contribution >= 0.6 is 0 Å². The highest BCUT2D eigenvalue weighted by Gasteiger charge is 2.30. The molecule has 0 saturated heterocycles. The normalized spacial score (nSPS) is 12.8. The standard InChI is InChI=1S/C17H14F3NO4/c18-17(19,20)12-2-4-13(5-3-12)23-9-16(22)21-8-11-1-6-14-15(7-11)25-10-24-14/h1-7H,8-10H2,(H,21,22). The second kappa shape index (κ2) is 6.92. The molecule has 5 nitrogen and oxygen atoms in total. The largest absolute Gasteiger partial charge is 0.484 e. The van der Waals surface area contributed by atoms with Crippen LogP contribution in [-0.2, 0) is 17.5 Å². The first-order valence-corrected chi connectivity index (χ1v) is 7.37. The number of hydrogen-bond acceptors (Lipinski definition) is 4. The van der Waals surface area contributed by atoms with Crippen molar-refractivity contribution in [3.63, 3.8) is 0 Å². The molecule has 2 aromatic carbocycles. The van der Waals surface area contributed by atoms with Gasteiger partial charge in [-0.2, -0.15) is 13.2 Å². The topological polar surface area (TPSA) is 56.8 Å². The maximum Gasteiger partial charge on any atom is 0.416 e. The number of hydrogen-bond donors (Lipinski definition) is 1.